The lowest BCUT2D eigenvalue weighted by molar-refractivity contribution is -0.161. The maximum Gasteiger partial charge on any atom is 0.469 e. The zero-order valence-corrected chi connectivity index (χ0v) is 32.2. The average Bonchev–Trinajstić information content (AvgIpc) is 3.08. The van der Waals surface area contributed by atoms with Gasteiger partial charge in [-0.25, -0.2) is 4.57 Å². The maximum absolute atomic E-state index is 12.4. The van der Waals surface area contributed by atoms with Crippen LogP contribution < -0.4 is 0 Å². The third-order valence-corrected chi connectivity index (χ3v) is 8.19. The molecule has 0 rings (SSSR count). The molecule has 0 aliphatic rings. The van der Waals surface area contributed by atoms with Crippen LogP contribution in [0.1, 0.15) is 155 Å². The molecule has 0 heterocycles. The highest BCUT2D eigenvalue weighted by atomic mass is 31.2. The minimum absolute atomic E-state index is 0.186. The molecule has 0 aromatic carbocycles. The SMILES string of the molecule is CC/C=C\C/C=C\C/C=C\C/C=C\CCCCCCC(=O)OC[C@H](COP(=O)(O)O)OC(=O)CCCCCCC/C=C\C/C=C\CCCCC. The molecule has 0 saturated heterocycles. The molecule has 8 nitrogen and oxygen atoms in total. The molecule has 2 N–H and O–H groups in total. The Balaban J connectivity index is 4.05. The van der Waals surface area contributed by atoms with E-state index in [0.29, 0.717) is 12.8 Å². The lowest BCUT2D eigenvalue weighted by Crippen LogP contribution is -2.29. The van der Waals surface area contributed by atoms with E-state index in [-0.39, 0.29) is 19.4 Å². The van der Waals surface area contributed by atoms with Crippen molar-refractivity contribution >= 4 is 19.8 Å². The third kappa shape index (κ3) is 38.3. The molecule has 0 saturated carbocycles. The van der Waals surface area contributed by atoms with Gasteiger partial charge in [0.1, 0.15) is 6.61 Å². The molecule has 0 radical (unpaired) electrons. The summed E-state index contributed by atoms with van der Waals surface area (Å²) in [6, 6.07) is 0. The van der Waals surface area contributed by atoms with E-state index in [9.17, 15) is 14.2 Å². The minimum atomic E-state index is -4.76. The number of hydrogen-bond acceptors (Lipinski definition) is 6. The standard InChI is InChI=1S/C41H69O8P/c1-3-5-7-9-11-13-15-17-19-20-22-23-25-27-29-31-33-35-40(42)47-37-39(38-48-50(44,45)46)49-41(43)36-34-32-30-28-26-24-21-18-16-14-12-10-8-6-4-2/h5,7,11-14,17-19,21-23,39H,3-4,6,8-10,15-16,20,24-38H2,1-2H3,(H2,44,45,46)/b7-5-,13-11-,14-12-,19-17-,21-18-,23-22-/t39-/m1/s1. The fraction of sp³-hybridized carbons (Fsp3) is 0.659. The van der Waals surface area contributed by atoms with E-state index in [4.69, 9.17) is 19.3 Å². The fourth-order valence-electron chi connectivity index (χ4n) is 4.86. The van der Waals surface area contributed by atoms with Crippen LogP contribution in [0.15, 0.2) is 72.9 Å². The van der Waals surface area contributed by atoms with E-state index in [1.165, 1.54) is 25.7 Å². The highest BCUT2D eigenvalue weighted by Crippen LogP contribution is 2.36. The number of carbonyl (C=O) groups excluding carboxylic acids is 2. The second-order valence-electron chi connectivity index (χ2n) is 12.5. The Kier molecular flexibility index (Phi) is 34.5. The van der Waals surface area contributed by atoms with Crippen LogP contribution in [-0.4, -0.2) is 41.0 Å². The lowest BCUT2D eigenvalue weighted by Gasteiger charge is -2.18. The van der Waals surface area contributed by atoms with Gasteiger partial charge in [-0.3, -0.25) is 14.1 Å². The van der Waals surface area contributed by atoms with Crippen LogP contribution in [0.25, 0.3) is 0 Å². The van der Waals surface area contributed by atoms with Crippen molar-refractivity contribution in [2.45, 2.75) is 161 Å². The number of rotatable bonds is 34. The molecule has 0 bridgehead atoms. The van der Waals surface area contributed by atoms with Crippen molar-refractivity contribution in [2.24, 2.45) is 0 Å². The van der Waals surface area contributed by atoms with Gasteiger partial charge in [-0.05, 0) is 83.5 Å². The Morgan fingerprint density at radius 2 is 0.960 bits per heavy atom. The summed E-state index contributed by atoms with van der Waals surface area (Å²) in [5, 5.41) is 0. The number of phosphoric acid groups is 1. The van der Waals surface area contributed by atoms with Crippen molar-refractivity contribution in [3.8, 4) is 0 Å². The second-order valence-corrected chi connectivity index (χ2v) is 13.8. The summed E-state index contributed by atoms with van der Waals surface area (Å²) >= 11 is 0. The zero-order valence-electron chi connectivity index (χ0n) is 31.3. The maximum atomic E-state index is 12.4. The topological polar surface area (TPSA) is 119 Å². The monoisotopic (exact) mass is 720 g/mol. The number of hydrogen-bond donors (Lipinski definition) is 2. The molecule has 0 aliphatic carbocycles. The number of phosphoric ester groups is 1. The number of esters is 2. The number of carbonyl (C=O) groups is 2. The van der Waals surface area contributed by atoms with Crippen LogP contribution in [0, 0.1) is 0 Å². The molecule has 50 heavy (non-hydrogen) atoms. The normalized spacial score (nSPS) is 13.3. The Morgan fingerprint density at radius 3 is 1.44 bits per heavy atom. The van der Waals surface area contributed by atoms with Crippen molar-refractivity contribution < 1.29 is 37.9 Å². The zero-order chi connectivity index (χ0) is 36.8. The van der Waals surface area contributed by atoms with Crippen molar-refractivity contribution in [3.05, 3.63) is 72.9 Å². The average molecular weight is 721 g/mol. The van der Waals surface area contributed by atoms with Crippen LogP contribution in [0.4, 0.5) is 0 Å². The highest BCUT2D eigenvalue weighted by molar-refractivity contribution is 7.46. The van der Waals surface area contributed by atoms with Crippen LogP contribution in [0.2, 0.25) is 0 Å². The molecule has 286 valence electrons. The predicted molar refractivity (Wildman–Crippen MR) is 207 cm³/mol. The van der Waals surface area contributed by atoms with E-state index in [2.05, 4.69) is 91.3 Å². The lowest BCUT2D eigenvalue weighted by atomic mass is 10.1. The molecule has 9 heteroatoms. The number of allylic oxidation sites excluding steroid dienone is 12. The third-order valence-electron chi connectivity index (χ3n) is 7.71. The Labute approximate surface area is 304 Å². The largest absolute Gasteiger partial charge is 0.469 e. The van der Waals surface area contributed by atoms with Gasteiger partial charge >= 0.3 is 19.8 Å². The summed E-state index contributed by atoms with van der Waals surface area (Å²) in [5.74, 6) is -0.936. The summed E-state index contributed by atoms with van der Waals surface area (Å²) in [6.45, 7) is 3.49. The van der Waals surface area contributed by atoms with Gasteiger partial charge in [0.25, 0.3) is 0 Å². The van der Waals surface area contributed by atoms with Gasteiger partial charge in [0.2, 0.25) is 0 Å². The Morgan fingerprint density at radius 1 is 0.540 bits per heavy atom. The first-order valence-corrected chi connectivity index (χ1v) is 20.8. The van der Waals surface area contributed by atoms with E-state index >= 15 is 0 Å². The summed E-state index contributed by atoms with van der Waals surface area (Å²) in [4.78, 5) is 42.7. The number of unbranched alkanes of at least 4 members (excludes halogenated alkanes) is 12. The van der Waals surface area contributed by atoms with Gasteiger partial charge in [-0.2, -0.15) is 0 Å². The van der Waals surface area contributed by atoms with E-state index < -0.39 is 32.5 Å². The van der Waals surface area contributed by atoms with E-state index in [1.54, 1.807) is 0 Å². The summed E-state index contributed by atoms with van der Waals surface area (Å²) in [6.07, 6.45) is 46.2. The summed E-state index contributed by atoms with van der Waals surface area (Å²) in [5.41, 5.74) is 0. The van der Waals surface area contributed by atoms with Crippen LogP contribution in [-0.2, 0) is 28.2 Å². The van der Waals surface area contributed by atoms with E-state index in [0.717, 1.165) is 89.9 Å². The molecule has 0 fully saturated rings. The smallest absolute Gasteiger partial charge is 0.462 e. The highest BCUT2D eigenvalue weighted by Gasteiger charge is 2.22. The molecule has 0 aliphatic heterocycles. The van der Waals surface area contributed by atoms with E-state index in [1.807, 2.05) is 0 Å². The van der Waals surface area contributed by atoms with Crippen molar-refractivity contribution in [1.29, 1.82) is 0 Å². The second kappa shape index (κ2) is 36.3. The molecular weight excluding hydrogens is 651 g/mol. The number of ether oxygens (including phenoxy) is 2. The summed E-state index contributed by atoms with van der Waals surface area (Å²) < 4.78 is 26.3. The van der Waals surface area contributed by atoms with Crippen molar-refractivity contribution in [1.82, 2.24) is 0 Å². The van der Waals surface area contributed by atoms with Gasteiger partial charge in [0.15, 0.2) is 6.10 Å². The van der Waals surface area contributed by atoms with Crippen molar-refractivity contribution in [3.63, 3.8) is 0 Å². The predicted octanol–water partition coefficient (Wildman–Crippen LogP) is 11.5. The molecule has 0 aromatic rings. The molecule has 1 atom stereocenters. The first-order valence-electron chi connectivity index (χ1n) is 19.2. The van der Waals surface area contributed by atoms with Gasteiger partial charge in [-0.15, -0.1) is 0 Å². The quantitative estimate of drug-likeness (QED) is 0.0292. The molecule has 0 amide bonds. The van der Waals surface area contributed by atoms with Gasteiger partial charge in [0, 0.05) is 12.8 Å². The summed E-state index contributed by atoms with van der Waals surface area (Å²) in [7, 11) is -4.76. The van der Waals surface area contributed by atoms with Crippen LogP contribution in [0.3, 0.4) is 0 Å². The van der Waals surface area contributed by atoms with Crippen molar-refractivity contribution in [2.75, 3.05) is 13.2 Å². The fourth-order valence-corrected chi connectivity index (χ4v) is 5.22. The van der Waals surface area contributed by atoms with Crippen LogP contribution in [0.5, 0.6) is 0 Å². The first kappa shape index (κ1) is 47.5. The molecule has 0 spiro atoms. The van der Waals surface area contributed by atoms with Gasteiger partial charge in [0.05, 0.1) is 6.61 Å². The molecule has 0 aromatic heterocycles. The molecular formula is C41H69O8P. The first-order chi connectivity index (χ1) is 24.3. The Bertz CT molecular complexity index is 1040. The minimum Gasteiger partial charge on any atom is -0.462 e. The van der Waals surface area contributed by atoms with Gasteiger partial charge in [-0.1, -0.05) is 132 Å². The van der Waals surface area contributed by atoms with Gasteiger partial charge < -0.3 is 19.3 Å². The molecule has 0 unspecified atom stereocenters. The Hall–Kier alpha value is -2.51. The van der Waals surface area contributed by atoms with Crippen LogP contribution >= 0.6 is 7.82 Å².